The van der Waals surface area contributed by atoms with Crippen LogP contribution in [0.2, 0.25) is 5.02 Å². The van der Waals surface area contributed by atoms with Crippen LogP contribution in [-0.2, 0) is 16.1 Å². The molecule has 178 valence electrons. The van der Waals surface area contributed by atoms with Crippen molar-refractivity contribution in [3.8, 4) is 17.1 Å². The van der Waals surface area contributed by atoms with E-state index in [1.807, 2.05) is 6.92 Å². The molecule has 2 aromatic carbocycles. The predicted molar refractivity (Wildman–Crippen MR) is 133 cm³/mol. The highest BCUT2D eigenvalue weighted by Crippen LogP contribution is 2.30. The number of hydrogen-bond acceptors (Lipinski definition) is 7. The number of anilines is 1. The van der Waals surface area contributed by atoms with E-state index in [1.165, 1.54) is 17.8 Å². The van der Waals surface area contributed by atoms with Crippen molar-refractivity contribution in [1.82, 2.24) is 14.8 Å². The standard InChI is InChI=1S/C24H25ClN4O4S/c1-3-5-13-33-23(32)18-14-16(10-11-19(18)25)26-21(31)15-34-24-28-27-22(29(24)12-4-2)17-8-6-7-9-20(17)30/h4,6-11,14,30H,2-3,5,12-13,15H2,1H3,(H,26,31). The molecule has 1 amide bonds. The number of carbonyl (C=O) groups excluding carboxylic acids is 2. The molecule has 0 saturated heterocycles. The second-order valence-electron chi connectivity index (χ2n) is 7.24. The molecule has 0 aliphatic carbocycles. The number of ether oxygens (including phenoxy) is 1. The monoisotopic (exact) mass is 500 g/mol. The lowest BCUT2D eigenvalue weighted by atomic mass is 10.2. The lowest BCUT2D eigenvalue weighted by Gasteiger charge is -2.10. The van der Waals surface area contributed by atoms with Gasteiger partial charge >= 0.3 is 5.97 Å². The number of halogens is 1. The van der Waals surface area contributed by atoms with Gasteiger partial charge in [-0.1, -0.05) is 54.9 Å². The summed E-state index contributed by atoms with van der Waals surface area (Å²) in [6.45, 7) is 6.48. The fourth-order valence-electron chi connectivity index (χ4n) is 3.02. The summed E-state index contributed by atoms with van der Waals surface area (Å²) in [7, 11) is 0. The van der Waals surface area contributed by atoms with E-state index >= 15 is 0 Å². The van der Waals surface area contributed by atoms with Gasteiger partial charge in [0.25, 0.3) is 0 Å². The van der Waals surface area contributed by atoms with E-state index in [0.717, 1.165) is 12.8 Å². The minimum atomic E-state index is -0.529. The van der Waals surface area contributed by atoms with Crippen LogP contribution in [0.1, 0.15) is 30.1 Å². The van der Waals surface area contributed by atoms with Crippen LogP contribution in [0.4, 0.5) is 5.69 Å². The van der Waals surface area contributed by atoms with Crippen molar-refractivity contribution in [1.29, 1.82) is 0 Å². The van der Waals surface area contributed by atoms with Crippen LogP contribution >= 0.6 is 23.4 Å². The zero-order valence-electron chi connectivity index (χ0n) is 18.7. The molecule has 1 heterocycles. The molecule has 34 heavy (non-hydrogen) atoms. The van der Waals surface area contributed by atoms with Crippen LogP contribution in [0.25, 0.3) is 11.4 Å². The summed E-state index contributed by atoms with van der Waals surface area (Å²) in [5.74, 6) is -0.214. The van der Waals surface area contributed by atoms with Crippen LogP contribution in [0, 0.1) is 0 Å². The Labute approximate surface area is 207 Å². The summed E-state index contributed by atoms with van der Waals surface area (Å²) >= 11 is 7.32. The van der Waals surface area contributed by atoms with Crippen molar-refractivity contribution in [3.05, 3.63) is 65.7 Å². The number of phenols is 1. The molecule has 3 rings (SSSR count). The van der Waals surface area contributed by atoms with Gasteiger partial charge in [-0.2, -0.15) is 0 Å². The SMILES string of the molecule is C=CCn1c(SCC(=O)Nc2ccc(Cl)c(C(=O)OCCCC)c2)nnc1-c1ccccc1O. The number of para-hydroxylation sites is 1. The number of aromatic hydroxyl groups is 1. The zero-order valence-corrected chi connectivity index (χ0v) is 20.2. The van der Waals surface area contributed by atoms with Gasteiger partial charge in [0, 0.05) is 12.2 Å². The lowest BCUT2D eigenvalue weighted by molar-refractivity contribution is -0.113. The molecule has 0 saturated carbocycles. The number of unbranched alkanes of at least 4 members (excludes halogenated alkanes) is 1. The highest BCUT2D eigenvalue weighted by molar-refractivity contribution is 7.99. The first kappa shape index (κ1) is 25.3. The Morgan fingerprint density at radius 1 is 1.26 bits per heavy atom. The van der Waals surface area contributed by atoms with Gasteiger partial charge in [-0.15, -0.1) is 16.8 Å². The summed E-state index contributed by atoms with van der Waals surface area (Å²) in [4.78, 5) is 24.8. The van der Waals surface area contributed by atoms with Crippen LogP contribution in [0.3, 0.4) is 0 Å². The largest absolute Gasteiger partial charge is 0.507 e. The molecule has 0 atom stereocenters. The molecule has 0 bridgehead atoms. The maximum absolute atomic E-state index is 12.6. The summed E-state index contributed by atoms with van der Waals surface area (Å²) in [5.41, 5.74) is 1.16. The minimum absolute atomic E-state index is 0.0505. The molecule has 2 N–H and O–H groups in total. The van der Waals surface area contributed by atoms with Gasteiger partial charge in [0.15, 0.2) is 11.0 Å². The van der Waals surface area contributed by atoms with E-state index in [4.69, 9.17) is 16.3 Å². The summed E-state index contributed by atoms with van der Waals surface area (Å²) in [5, 5.41) is 22.0. The van der Waals surface area contributed by atoms with Crippen LogP contribution in [0.5, 0.6) is 5.75 Å². The third-order valence-electron chi connectivity index (χ3n) is 4.71. The molecule has 0 aliphatic rings. The van der Waals surface area contributed by atoms with Gasteiger partial charge in [0.1, 0.15) is 5.75 Å². The number of nitrogens with one attached hydrogen (secondary N) is 1. The van der Waals surface area contributed by atoms with Gasteiger partial charge < -0.3 is 15.2 Å². The van der Waals surface area contributed by atoms with Gasteiger partial charge in [-0.05, 0) is 36.8 Å². The first-order valence-corrected chi connectivity index (χ1v) is 12.0. The first-order chi connectivity index (χ1) is 16.4. The van der Waals surface area contributed by atoms with Crippen molar-refractivity contribution in [2.45, 2.75) is 31.5 Å². The zero-order chi connectivity index (χ0) is 24.5. The van der Waals surface area contributed by atoms with Gasteiger partial charge in [-0.3, -0.25) is 9.36 Å². The van der Waals surface area contributed by atoms with Gasteiger partial charge in [0.2, 0.25) is 5.91 Å². The normalized spacial score (nSPS) is 10.6. The fraction of sp³-hybridized carbons (Fsp3) is 0.250. The molecule has 0 aliphatic heterocycles. The van der Waals surface area contributed by atoms with Crippen molar-refractivity contribution in [2.75, 3.05) is 17.7 Å². The number of allylic oxidation sites excluding steroid dienone is 1. The molecule has 0 fully saturated rings. The minimum Gasteiger partial charge on any atom is -0.507 e. The number of thioether (sulfide) groups is 1. The summed E-state index contributed by atoms with van der Waals surface area (Å²) in [6.07, 6.45) is 3.36. The maximum Gasteiger partial charge on any atom is 0.339 e. The Kier molecular flexibility index (Phi) is 9.12. The number of amides is 1. The van der Waals surface area contributed by atoms with Crippen LogP contribution in [0.15, 0.2) is 60.3 Å². The quantitative estimate of drug-likeness (QED) is 0.162. The second-order valence-corrected chi connectivity index (χ2v) is 8.59. The van der Waals surface area contributed by atoms with Crippen LogP contribution < -0.4 is 5.32 Å². The Hall–Kier alpha value is -3.30. The average molecular weight is 501 g/mol. The predicted octanol–water partition coefficient (Wildman–Crippen LogP) is 5.18. The number of carbonyl (C=O) groups is 2. The van der Waals surface area contributed by atoms with E-state index in [1.54, 1.807) is 47.0 Å². The molecular weight excluding hydrogens is 476 g/mol. The molecule has 0 radical (unpaired) electrons. The van der Waals surface area contributed by atoms with Gasteiger partial charge in [0.05, 0.1) is 28.5 Å². The van der Waals surface area contributed by atoms with E-state index in [2.05, 4.69) is 22.1 Å². The number of esters is 1. The van der Waals surface area contributed by atoms with Crippen LogP contribution in [-0.4, -0.2) is 44.1 Å². The third kappa shape index (κ3) is 6.39. The highest BCUT2D eigenvalue weighted by atomic mass is 35.5. The van der Waals surface area contributed by atoms with Crippen molar-refractivity contribution >= 4 is 40.9 Å². The number of phenolic OH excluding ortho intramolecular Hbond substituents is 1. The Morgan fingerprint density at radius 2 is 2.06 bits per heavy atom. The number of aromatic nitrogens is 3. The summed E-state index contributed by atoms with van der Waals surface area (Å²) < 4.78 is 6.98. The van der Waals surface area contributed by atoms with E-state index in [-0.39, 0.29) is 28.0 Å². The fourth-order valence-corrected chi connectivity index (χ4v) is 3.97. The second kappa shape index (κ2) is 12.2. The molecule has 0 unspecified atom stereocenters. The highest BCUT2D eigenvalue weighted by Gasteiger charge is 2.18. The molecule has 8 nitrogen and oxygen atoms in total. The number of hydrogen-bond donors (Lipinski definition) is 2. The Balaban J connectivity index is 1.68. The molecule has 3 aromatic rings. The average Bonchev–Trinajstić information content (AvgIpc) is 3.22. The van der Waals surface area contributed by atoms with Crippen molar-refractivity contribution in [3.63, 3.8) is 0 Å². The summed E-state index contributed by atoms with van der Waals surface area (Å²) in [6, 6.07) is 11.5. The van der Waals surface area contributed by atoms with E-state index in [9.17, 15) is 14.7 Å². The first-order valence-electron chi connectivity index (χ1n) is 10.7. The molecular formula is C24H25ClN4O4S. The molecule has 1 aromatic heterocycles. The van der Waals surface area contributed by atoms with Crippen molar-refractivity contribution in [2.24, 2.45) is 0 Å². The number of benzene rings is 2. The molecule has 10 heteroatoms. The van der Waals surface area contributed by atoms with Crippen molar-refractivity contribution < 1.29 is 19.4 Å². The number of rotatable bonds is 11. The van der Waals surface area contributed by atoms with E-state index < -0.39 is 5.97 Å². The lowest BCUT2D eigenvalue weighted by Crippen LogP contribution is -2.15. The van der Waals surface area contributed by atoms with E-state index in [0.29, 0.717) is 35.4 Å². The molecule has 0 spiro atoms. The van der Waals surface area contributed by atoms with Gasteiger partial charge in [-0.25, -0.2) is 4.79 Å². The number of nitrogens with zero attached hydrogens (tertiary/aromatic N) is 3. The third-order valence-corrected chi connectivity index (χ3v) is 6.00. The Morgan fingerprint density at radius 3 is 2.79 bits per heavy atom. The topological polar surface area (TPSA) is 106 Å². The Bertz CT molecular complexity index is 1180. The smallest absolute Gasteiger partial charge is 0.339 e. The maximum atomic E-state index is 12.6.